The van der Waals surface area contributed by atoms with E-state index in [-0.39, 0.29) is 0 Å². The second-order valence-corrected chi connectivity index (χ2v) is 28.7. The van der Waals surface area contributed by atoms with Crippen LogP contribution in [0.1, 0.15) is 0 Å². The van der Waals surface area contributed by atoms with Crippen molar-refractivity contribution in [3.63, 3.8) is 0 Å². The van der Waals surface area contributed by atoms with Gasteiger partial charge >= 0.3 is 0 Å². The smallest absolute Gasteiger partial charge is 0.109 e. The molecule has 0 unspecified atom stereocenters. The molecule has 30 heteroatoms. The van der Waals surface area contributed by atoms with Crippen LogP contribution in [0.15, 0.2) is 0 Å². The third-order valence-electron chi connectivity index (χ3n) is 5.99. The molecule has 0 aliphatic heterocycles. The Morgan fingerprint density at radius 2 is 0.400 bits per heavy atom. The van der Waals surface area contributed by atoms with E-state index < -0.39 is 65.0 Å². The number of hydrogen-bond acceptors (Lipinski definition) is 0. The van der Waals surface area contributed by atoms with Crippen LogP contribution in [0.5, 0.6) is 0 Å². The van der Waals surface area contributed by atoms with Crippen molar-refractivity contribution < 1.29 is 0 Å². The summed E-state index contributed by atoms with van der Waals surface area (Å²) in [6.07, 6.45) is 0. The van der Waals surface area contributed by atoms with Crippen molar-refractivity contribution in [1.29, 1.82) is 0 Å². The Kier molecular flexibility index (Phi) is 16.6. The predicted octanol–water partition coefficient (Wildman–Crippen LogP) is 17.6. The summed E-state index contributed by atoms with van der Waals surface area (Å²) in [7, 11) is 0. The van der Waals surface area contributed by atoms with Gasteiger partial charge in [0.15, 0.2) is 56.9 Å². The summed E-state index contributed by atoms with van der Waals surface area (Å²) in [5.41, 5.74) is 0. The molecule has 0 N–H and O–H groups in total. The zero-order valence-electron chi connectivity index (χ0n) is 18.8. The van der Waals surface area contributed by atoms with Crippen molar-refractivity contribution in [1.82, 2.24) is 0 Å². The molecule has 1 fully saturated rings. The number of alkyl halides is 30. The Labute approximate surface area is 406 Å². The highest BCUT2D eigenvalue weighted by atomic mass is 35.6. The Bertz CT molecular complexity index is 1090. The van der Waals surface area contributed by atoms with Crippen molar-refractivity contribution >= 4 is 348 Å². The summed E-state index contributed by atoms with van der Waals surface area (Å²) in [6, 6.07) is 0. The van der Waals surface area contributed by atoms with Crippen LogP contribution < -0.4 is 0 Å². The molecule has 1 saturated carbocycles. The summed E-state index contributed by atoms with van der Waals surface area (Å²) in [4.78, 5) is -3.90. The van der Waals surface area contributed by atoms with Gasteiger partial charge in [0.1, 0.15) is 0 Å². The normalized spacial score (nSPS) is 28.7. The minimum Gasteiger partial charge on any atom is -0.109 e. The SMILES string of the molecule is ClC(Cl)(Cl)C(Cl)(Cl)C(Cl)(Cl)C(Cl)(Cl)C(Cl)(Cl)C1(Cl)C(Cl)(Cl)C(Cl)(Cl)C(Cl)(Cl)C(Cl)(Cl)C(Cl)(Cl)C(Cl)(Cl)C(Cl)(Cl)C(Cl)(Cl)C1(Cl)Cl. The van der Waals surface area contributed by atoms with E-state index in [1.165, 1.54) is 0 Å². The lowest BCUT2D eigenvalue weighted by atomic mass is 9.81. The van der Waals surface area contributed by atoms with E-state index in [9.17, 15) is 0 Å². The van der Waals surface area contributed by atoms with Crippen LogP contribution in [0, 0.1) is 0 Å². The molecule has 0 aromatic rings. The third kappa shape index (κ3) is 6.56. The standard InChI is InChI=1S/C15Cl30/c16-1(4(21,22)7(27,28)13(39,40)14(41,42)15(43,44)45)2(17,18)5(23,24)8(29,30)10(33,34)12(37,38)11(35,36)9(31,32)6(25,26)3(1,19)20. The molecule has 0 bridgehead atoms. The minimum atomic E-state index is -3.90. The quantitative estimate of drug-likeness (QED) is 0.246. The monoisotopic (exact) mass is 1230 g/mol. The maximum absolute atomic E-state index is 7.02. The van der Waals surface area contributed by atoms with Gasteiger partial charge in [-0.15, -0.1) is 11.6 Å². The second-order valence-electron chi connectivity index (χ2n) is 8.62. The van der Waals surface area contributed by atoms with Crippen molar-refractivity contribution in [3.8, 4) is 0 Å². The van der Waals surface area contributed by atoms with Gasteiger partial charge in [0, 0.05) is 0 Å². The van der Waals surface area contributed by atoms with Gasteiger partial charge in [0.2, 0.25) is 8.13 Å². The first-order valence-corrected chi connectivity index (χ1v) is 20.8. The molecule has 0 spiro atoms. The van der Waals surface area contributed by atoms with E-state index in [2.05, 4.69) is 0 Å². The highest BCUT2D eigenvalue weighted by Gasteiger charge is 2.93. The molecule has 0 amide bonds. The van der Waals surface area contributed by atoms with Crippen LogP contribution in [0.25, 0.3) is 0 Å². The van der Waals surface area contributed by atoms with Crippen LogP contribution in [-0.4, -0.2) is 65.0 Å². The largest absolute Gasteiger partial charge is 0.226 e. The van der Waals surface area contributed by atoms with E-state index >= 15 is 0 Å². The fourth-order valence-corrected chi connectivity index (χ4v) is 14.9. The Morgan fingerprint density at radius 3 is 0.578 bits per heavy atom. The molecule has 0 saturated heterocycles. The van der Waals surface area contributed by atoms with Crippen LogP contribution >= 0.6 is 348 Å². The molecule has 0 atom stereocenters. The van der Waals surface area contributed by atoms with Crippen LogP contribution in [-0.2, 0) is 0 Å². The summed E-state index contributed by atoms with van der Waals surface area (Å²) < 4.78 is -48.5. The Balaban J connectivity index is 4.80. The average molecular weight is 1240 g/mol. The van der Waals surface area contributed by atoms with E-state index in [1.54, 1.807) is 0 Å². The number of hydrogen-bond donors (Lipinski definition) is 0. The fraction of sp³-hybridized carbons (Fsp3) is 1.00. The van der Waals surface area contributed by atoms with Crippen molar-refractivity contribution in [2.75, 3.05) is 0 Å². The summed E-state index contributed by atoms with van der Waals surface area (Å²) >= 11 is 194. The van der Waals surface area contributed by atoms with Gasteiger partial charge in [-0.25, -0.2) is 0 Å². The highest BCUT2D eigenvalue weighted by Crippen LogP contribution is 2.82. The molecule has 1 rings (SSSR count). The van der Waals surface area contributed by atoms with E-state index in [0.29, 0.717) is 0 Å². The van der Waals surface area contributed by atoms with Crippen LogP contribution in [0.4, 0.5) is 0 Å². The topological polar surface area (TPSA) is 0 Å². The zero-order valence-corrected chi connectivity index (χ0v) is 41.5. The molecular formula is C15Cl30. The summed E-state index contributed by atoms with van der Waals surface area (Å²) in [6.45, 7) is 0. The Morgan fingerprint density at radius 1 is 0.222 bits per heavy atom. The summed E-state index contributed by atoms with van der Waals surface area (Å²) in [5.74, 6) is 0. The average Bonchev–Trinajstić information content (AvgIpc) is 2.80. The van der Waals surface area contributed by atoms with Gasteiger partial charge < -0.3 is 0 Å². The maximum Gasteiger partial charge on any atom is 0.226 e. The van der Waals surface area contributed by atoms with Crippen molar-refractivity contribution in [3.05, 3.63) is 0 Å². The first kappa shape index (κ1) is 51.7. The first-order valence-electron chi connectivity index (χ1n) is 9.42. The van der Waals surface area contributed by atoms with Crippen molar-refractivity contribution in [2.24, 2.45) is 0 Å². The molecule has 1 aliphatic carbocycles. The first-order chi connectivity index (χ1) is 18.8. The molecule has 0 radical (unpaired) electrons. The highest BCUT2D eigenvalue weighted by molar-refractivity contribution is 6.86. The van der Waals surface area contributed by atoms with E-state index in [0.717, 1.165) is 0 Å². The molecule has 0 aromatic heterocycles. The lowest BCUT2D eigenvalue weighted by Crippen LogP contribution is -2.84. The Hall–Kier alpha value is 8.70. The van der Waals surface area contributed by atoms with Gasteiger partial charge in [-0.2, -0.15) is 0 Å². The number of halogens is 30. The minimum absolute atomic E-state index is 2.90. The molecule has 45 heavy (non-hydrogen) atoms. The molecule has 0 nitrogen and oxygen atoms in total. The molecule has 0 aromatic carbocycles. The molecular weight excluding hydrogens is 1240 g/mol. The van der Waals surface area contributed by atoms with E-state index in [4.69, 9.17) is 348 Å². The lowest BCUT2D eigenvalue weighted by Gasteiger charge is -2.65. The van der Waals surface area contributed by atoms with Gasteiger partial charge in [0.25, 0.3) is 0 Å². The van der Waals surface area contributed by atoms with Crippen LogP contribution in [0.3, 0.4) is 0 Å². The van der Waals surface area contributed by atoms with E-state index in [1.807, 2.05) is 0 Å². The fourth-order valence-electron chi connectivity index (χ4n) is 3.19. The molecule has 0 heterocycles. The second kappa shape index (κ2) is 14.5. The third-order valence-corrected chi connectivity index (χ3v) is 27.9. The maximum atomic E-state index is 7.02. The molecule has 1 aliphatic rings. The predicted molar refractivity (Wildman–Crippen MR) is 217 cm³/mol. The zero-order chi connectivity index (χ0) is 37.5. The van der Waals surface area contributed by atoms with Gasteiger partial charge in [0.05, 0.1) is 0 Å². The van der Waals surface area contributed by atoms with Gasteiger partial charge in [-0.3, -0.25) is 0 Å². The molecule has 270 valence electrons. The van der Waals surface area contributed by atoms with Crippen molar-refractivity contribution in [2.45, 2.75) is 65.0 Å². The van der Waals surface area contributed by atoms with Gasteiger partial charge in [-0.05, 0) is 0 Å². The van der Waals surface area contributed by atoms with Crippen LogP contribution in [0.2, 0.25) is 0 Å². The lowest BCUT2D eigenvalue weighted by molar-refractivity contribution is 0.284. The summed E-state index contributed by atoms with van der Waals surface area (Å²) in [5, 5.41) is 0. The van der Waals surface area contributed by atoms with Gasteiger partial charge in [-0.1, -0.05) is 336 Å². The number of rotatable bonds is 4.